The number of hydrogen-bond donors (Lipinski definition) is 0. The number of morpholine rings is 1. The Morgan fingerprint density at radius 3 is 2.72 bits per heavy atom. The summed E-state index contributed by atoms with van der Waals surface area (Å²) in [6.45, 7) is 8.24. The molecule has 134 valence electrons. The van der Waals surface area contributed by atoms with Gasteiger partial charge in [0.25, 0.3) is 0 Å². The fourth-order valence-electron chi connectivity index (χ4n) is 3.85. The van der Waals surface area contributed by atoms with Crippen LogP contribution < -0.4 is 0 Å². The molecule has 0 N–H and O–H groups in total. The summed E-state index contributed by atoms with van der Waals surface area (Å²) in [6, 6.07) is 6.71. The van der Waals surface area contributed by atoms with Crippen molar-refractivity contribution < 1.29 is 14.0 Å². The second-order valence-electron chi connectivity index (χ2n) is 6.84. The van der Waals surface area contributed by atoms with E-state index in [0.29, 0.717) is 6.04 Å². The van der Waals surface area contributed by atoms with E-state index in [1.54, 1.807) is 0 Å². The molecule has 0 spiro atoms. The normalized spacial score (nSPS) is 23.0. The van der Waals surface area contributed by atoms with Crippen molar-refractivity contribution in [3.05, 3.63) is 35.3 Å². The number of pyridine rings is 1. The van der Waals surface area contributed by atoms with Gasteiger partial charge in [0, 0.05) is 32.3 Å². The molecule has 0 amide bonds. The summed E-state index contributed by atoms with van der Waals surface area (Å²) in [5.41, 5.74) is 3.74. The maximum Gasteiger partial charge on any atom is 0.143 e. The molecule has 0 unspecified atom stereocenters. The average Bonchev–Trinajstić information content (AvgIpc) is 3.01. The second kappa shape index (κ2) is 7.23. The third kappa shape index (κ3) is 3.47. The van der Waals surface area contributed by atoms with Crippen LogP contribution in [0.2, 0.25) is 0 Å². The minimum Gasteiger partial charge on any atom is -0.381 e. The smallest absolute Gasteiger partial charge is 0.143 e. The number of rotatable bonds is 3. The maximum absolute atomic E-state index is 6.04. The van der Waals surface area contributed by atoms with Crippen LogP contribution in [0.4, 0.5) is 0 Å². The molecular weight excluding hydrogens is 318 g/mol. The van der Waals surface area contributed by atoms with Gasteiger partial charge in [-0.1, -0.05) is 11.2 Å². The highest BCUT2D eigenvalue weighted by Crippen LogP contribution is 2.29. The van der Waals surface area contributed by atoms with E-state index in [4.69, 9.17) is 19.0 Å². The van der Waals surface area contributed by atoms with Crippen molar-refractivity contribution in [3.63, 3.8) is 0 Å². The highest BCUT2D eigenvalue weighted by atomic mass is 16.5. The van der Waals surface area contributed by atoms with E-state index in [1.165, 1.54) is 0 Å². The Bertz CT molecular complexity index is 705. The van der Waals surface area contributed by atoms with Crippen LogP contribution in [0.25, 0.3) is 11.3 Å². The molecule has 0 aliphatic carbocycles. The lowest BCUT2D eigenvalue weighted by Gasteiger charge is -2.39. The molecule has 2 aromatic rings. The largest absolute Gasteiger partial charge is 0.381 e. The number of nitrogens with zero attached hydrogens (tertiary/aromatic N) is 3. The van der Waals surface area contributed by atoms with E-state index in [0.717, 1.165) is 74.2 Å². The first-order valence-electron chi connectivity index (χ1n) is 9.06. The highest BCUT2D eigenvalue weighted by Gasteiger charge is 2.29. The molecule has 0 saturated carbocycles. The van der Waals surface area contributed by atoms with Crippen LogP contribution in [-0.4, -0.2) is 54.0 Å². The zero-order valence-corrected chi connectivity index (χ0v) is 14.9. The molecule has 2 fully saturated rings. The number of aryl methyl sites for hydroxylation is 2. The van der Waals surface area contributed by atoms with Crippen LogP contribution in [0.3, 0.4) is 0 Å². The van der Waals surface area contributed by atoms with Gasteiger partial charge in [-0.15, -0.1) is 0 Å². The third-order valence-corrected chi connectivity index (χ3v) is 5.20. The molecule has 4 heterocycles. The monoisotopic (exact) mass is 343 g/mol. The molecular formula is C19H25N3O3. The fraction of sp³-hybridized carbons (Fsp3) is 0.579. The summed E-state index contributed by atoms with van der Waals surface area (Å²) >= 11 is 0. The summed E-state index contributed by atoms with van der Waals surface area (Å²) in [4.78, 5) is 7.41. The molecule has 2 aliphatic heterocycles. The minimum atomic E-state index is 0.0111. The number of ether oxygens (including phenoxy) is 2. The number of aromatic nitrogens is 2. The summed E-state index contributed by atoms with van der Waals surface area (Å²) in [5, 5.41) is 4.04. The van der Waals surface area contributed by atoms with Crippen molar-refractivity contribution in [1.29, 1.82) is 0 Å². The second-order valence-corrected chi connectivity index (χ2v) is 6.84. The SMILES string of the molecule is Cc1noc(C)c1-c1cccc([C@@H]2CN(C3CCOCC3)CCO2)n1. The molecule has 2 aliphatic rings. The summed E-state index contributed by atoms with van der Waals surface area (Å²) < 4.78 is 16.8. The third-order valence-electron chi connectivity index (χ3n) is 5.20. The van der Waals surface area contributed by atoms with Gasteiger partial charge in [-0.25, -0.2) is 4.98 Å². The Morgan fingerprint density at radius 2 is 1.96 bits per heavy atom. The first-order chi connectivity index (χ1) is 12.2. The van der Waals surface area contributed by atoms with Crippen molar-refractivity contribution >= 4 is 0 Å². The van der Waals surface area contributed by atoms with Crippen molar-refractivity contribution in [2.45, 2.75) is 38.8 Å². The summed E-state index contributed by atoms with van der Waals surface area (Å²) in [7, 11) is 0. The van der Waals surface area contributed by atoms with Gasteiger partial charge in [0.2, 0.25) is 0 Å². The number of hydrogen-bond acceptors (Lipinski definition) is 6. The van der Waals surface area contributed by atoms with E-state index >= 15 is 0 Å². The van der Waals surface area contributed by atoms with Crippen molar-refractivity contribution in [1.82, 2.24) is 15.0 Å². The van der Waals surface area contributed by atoms with Gasteiger partial charge in [-0.2, -0.15) is 0 Å². The quantitative estimate of drug-likeness (QED) is 0.854. The predicted octanol–water partition coefficient (Wildman–Crippen LogP) is 2.91. The maximum atomic E-state index is 6.04. The van der Waals surface area contributed by atoms with Crippen LogP contribution >= 0.6 is 0 Å². The Labute approximate surface area is 148 Å². The summed E-state index contributed by atoms with van der Waals surface area (Å²) in [6.07, 6.45) is 2.23. The first-order valence-corrected chi connectivity index (χ1v) is 9.06. The van der Waals surface area contributed by atoms with Gasteiger partial charge < -0.3 is 14.0 Å². The van der Waals surface area contributed by atoms with Crippen LogP contribution in [-0.2, 0) is 9.47 Å². The van der Waals surface area contributed by atoms with Crippen LogP contribution in [0.5, 0.6) is 0 Å². The minimum absolute atomic E-state index is 0.0111. The van der Waals surface area contributed by atoms with Crippen LogP contribution in [0.1, 0.15) is 36.1 Å². The van der Waals surface area contributed by atoms with E-state index in [2.05, 4.69) is 16.1 Å². The molecule has 0 bridgehead atoms. The van der Waals surface area contributed by atoms with Gasteiger partial charge in [0.15, 0.2) is 0 Å². The zero-order valence-electron chi connectivity index (χ0n) is 14.9. The van der Waals surface area contributed by atoms with Gasteiger partial charge in [0.05, 0.1) is 29.3 Å². The van der Waals surface area contributed by atoms with Gasteiger partial charge in [-0.05, 0) is 38.8 Å². The standard InChI is InChI=1S/C19H25N3O3/c1-13-19(14(2)25-21-13)17-5-3-4-16(20-17)18-12-22(8-11-24-18)15-6-9-23-10-7-15/h3-5,15,18H,6-12H2,1-2H3/t18-/m0/s1. The van der Waals surface area contributed by atoms with E-state index in [-0.39, 0.29) is 6.10 Å². The average molecular weight is 343 g/mol. The molecule has 6 heteroatoms. The summed E-state index contributed by atoms with van der Waals surface area (Å²) in [5.74, 6) is 0.801. The van der Waals surface area contributed by atoms with Gasteiger partial charge in [-0.3, -0.25) is 4.90 Å². The lowest BCUT2D eigenvalue weighted by Crippen LogP contribution is -2.47. The first kappa shape index (κ1) is 16.7. The molecule has 0 aromatic carbocycles. The Kier molecular flexibility index (Phi) is 4.83. The molecule has 6 nitrogen and oxygen atoms in total. The molecule has 0 radical (unpaired) electrons. The van der Waals surface area contributed by atoms with Crippen molar-refractivity contribution in [2.24, 2.45) is 0 Å². The van der Waals surface area contributed by atoms with Gasteiger partial charge in [0.1, 0.15) is 11.9 Å². The Morgan fingerprint density at radius 1 is 1.12 bits per heavy atom. The molecule has 4 rings (SSSR count). The molecule has 25 heavy (non-hydrogen) atoms. The Hall–Kier alpha value is -1.76. The van der Waals surface area contributed by atoms with E-state index in [9.17, 15) is 0 Å². The zero-order chi connectivity index (χ0) is 17.2. The van der Waals surface area contributed by atoms with Crippen LogP contribution in [0, 0.1) is 13.8 Å². The molecule has 2 saturated heterocycles. The van der Waals surface area contributed by atoms with E-state index in [1.807, 2.05) is 26.0 Å². The lowest BCUT2D eigenvalue weighted by atomic mass is 10.0. The van der Waals surface area contributed by atoms with Gasteiger partial charge >= 0.3 is 0 Å². The van der Waals surface area contributed by atoms with Crippen molar-refractivity contribution in [2.75, 3.05) is 32.9 Å². The highest BCUT2D eigenvalue weighted by molar-refractivity contribution is 5.63. The molecule has 2 aromatic heterocycles. The van der Waals surface area contributed by atoms with Crippen LogP contribution in [0.15, 0.2) is 22.7 Å². The Balaban J connectivity index is 1.54. The fourth-order valence-corrected chi connectivity index (χ4v) is 3.85. The molecule has 1 atom stereocenters. The topological polar surface area (TPSA) is 60.6 Å². The van der Waals surface area contributed by atoms with Crippen molar-refractivity contribution in [3.8, 4) is 11.3 Å². The lowest BCUT2D eigenvalue weighted by molar-refractivity contribution is -0.0646. The van der Waals surface area contributed by atoms with E-state index < -0.39 is 0 Å². The predicted molar refractivity (Wildman–Crippen MR) is 93.3 cm³/mol.